The van der Waals surface area contributed by atoms with Crippen molar-refractivity contribution in [1.82, 2.24) is 15.5 Å². The summed E-state index contributed by atoms with van der Waals surface area (Å²) in [5, 5.41) is 9.41. The average Bonchev–Trinajstić information content (AvgIpc) is 2.94. The van der Waals surface area contributed by atoms with E-state index in [1.807, 2.05) is 32.9 Å². The van der Waals surface area contributed by atoms with E-state index in [-0.39, 0.29) is 48.7 Å². The molecule has 2 saturated heterocycles. The van der Waals surface area contributed by atoms with Gasteiger partial charge in [0.15, 0.2) is 0 Å². The van der Waals surface area contributed by atoms with Crippen molar-refractivity contribution in [3.05, 3.63) is 53.6 Å². The third kappa shape index (κ3) is 7.22. The lowest BCUT2D eigenvalue weighted by molar-refractivity contribution is -0.138. The lowest BCUT2D eigenvalue weighted by Crippen LogP contribution is -2.52. The monoisotopic (exact) mass is 590 g/mol. The molecular formula is C31H41F3N4O4. The van der Waals surface area contributed by atoms with Crippen LogP contribution in [-0.2, 0) is 15.7 Å². The number of hydrogen-bond acceptors (Lipinski definition) is 5. The summed E-state index contributed by atoms with van der Waals surface area (Å²) in [5.41, 5.74) is -0.0646. The topological polar surface area (TPSA) is 91.9 Å². The number of ether oxygens (including phenoxy) is 2. The maximum atomic E-state index is 13.6. The molecule has 8 nitrogen and oxygen atoms in total. The molecule has 4 aliphatic rings. The van der Waals surface area contributed by atoms with E-state index >= 15 is 0 Å². The third-order valence-corrected chi connectivity index (χ3v) is 8.47. The number of halogens is 3. The molecule has 5 rings (SSSR count). The minimum absolute atomic E-state index is 0.00219. The molecule has 1 aromatic carbocycles. The standard InChI is InChI=1S/C31H41F3N4O4/c1-30(2,3)42-29(40)38-15-13-21(14-16-38)36-28(39)35-18-22-10-11-23-26(19-7-5-4-6-8-19)37-25-12-9-20(31(32,33)34)17-24(25)27(23)41-22/h4-7,9,12,17,19,21-23,26-27,37H,8,10-11,13-16,18H2,1-3H3,(H2,35,36,39)/t19?,22-,23+,26+,27+/m1/s1. The number of fused-ring (bicyclic) bond motifs is 3. The van der Waals surface area contributed by atoms with E-state index < -0.39 is 23.4 Å². The van der Waals surface area contributed by atoms with Gasteiger partial charge in [-0.25, -0.2) is 9.59 Å². The number of benzene rings is 1. The Labute approximate surface area is 245 Å². The van der Waals surface area contributed by atoms with E-state index in [1.165, 1.54) is 12.1 Å². The Morgan fingerprint density at radius 2 is 1.86 bits per heavy atom. The van der Waals surface area contributed by atoms with Crippen LogP contribution in [-0.4, -0.2) is 60.4 Å². The third-order valence-electron chi connectivity index (χ3n) is 8.47. The number of likely N-dealkylation sites (tertiary alicyclic amines) is 1. The van der Waals surface area contributed by atoms with Crippen LogP contribution in [0.5, 0.6) is 0 Å². The Hall–Kier alpha value is -3.21. The molecule has 230 valence electrons. The van der Waals surface area contributed by atoms with Crippen molar-refractivity contribution in [2.75, 3.05) is 25.0 Å². The molecule has 3 aliphatic heterocycles. The predicted molar refractivity (Wildman–Crippen MR) is 153 cm³/mol. The van der Waals surface area contributed by atoms with Crippen molar-refractivity contribution in [2.45, 2.75) is 88.9 Å². The molecular weight excluding hydrogens is 549 g/mol. The van der Waals surface area contributed by atoms with Gasteiger partial charge in [0.25, 0.3) is 0 Å². The summed E-state index contributed by atoms with van der Waals surface area (Å²) in [6.45, 7) is 6.73. The summed E-state index contributed by atoms with van der Waals surface area (Å²) in [6, 6.07) is 3.47. The maximum Gasteiger partial charge on any atom is 0.416 e. The predicted octanol–water partition coefficient (Wildman–Crippen LogP) is 6.17. The van der Waals surface area contributed by atoms with Gasteiger partial charge in [0.1, 0.15) is 5.60 Å². The van der Waals surface area contributed by atoms with Gasteiger partial charge in [-0.1, -0.05) is 24.3 Å². The van der Waals surface area contributed by atoms with Gasteiger partial charge in [-0.2, -0.15) is 13.2 Å². The summed E-state index contributed by atoms with van der Waals surface area (Å²) in [6.07, 6.45) is 6.21. The van der Waals surface area contributed by atoms with Gasteiger partial charge in [-0.05, 0) is 71.1 Å². The van der Waals surface area contributed by atoms with Gasteiger partial charge in [0, 0.05) is 54.8 Å². The van der Waals surface area contributed by atoms with E-state index in [4.69, 9.17) is 9.47 Å². The largest absolute Gasteiger partial charge is 0.444 e. The number of urea groups is 1. The van der Waals surface area contributed by atoms with E-state index in [1.54, 1.807) is 4.90 Å². The number of nitrogens with zero attached hydrogens (tertiary/aromatic N) is 1. The zero-order chi connectivity index (χ0) is 30.1. The number of hydrogen-bond donors (Lipinski definition) is 3. The number of alkyl halides is 3. The van der Waals surface area contributed by atoms with E-state index in [2.05, 4.69) is 28.1 Å². The molecule has 0 bridgehead atoms. The van der Waals surface area contributed by atoms with Crippen LogP contribution < -0.4 is 16.0 Å². The Morgan fingerprint density at radius 1 is 1.10 bits per heavy atom. The van der Waals surface area contributed by atoms with Crippen LogP contribution in [0.2, 0.25) is 0 Å². The molecule has 0 saturated carbocycles. The smallest absolute Gasteiger partial charge is 0.416 e. The Balaban J connectivity index is 1.18. The molecule has 0 radical (unpaired) electrons. The second kappa shape index (κ2) is 12.2. The average molecular weight is 591 g/mol. The van der Waals surface area contributed by atoms with Gasteiger partial charge in [-0.15, -0.1) is 0 Å². The molecule has 2 fully saturated rings. The van der Waals surface area contributed by atoms with Crippen LogP contribution in [0.1, 0.15) is 70.1 Å². The first kappa shape index (κ1) is 30.3. The molecule has 3 amide bonds. The van der Waals surface area contributed by atoms with Crippen LogP contribution in [0.4, 0.5) is 28.4 Å². The van der Waals surface area contributed by atoms with Gasteiger partial charge < -0.3 is 30.3 Å². The maximum absolute atomic E-state index is 13.6. The van der Waals surface area contributed by atoms with E-state index in [0.717, 1.165) is 18.9 Å². The van der Waals surface area contributed by atoms with Gasteiger partial charge in [0.2, 0.25) is 0 Å². The number of allylic oxidation sites excluding steroid dienone is 3. The number of carbonyl (C=O) groups excluding carboxylic acids is 2. The second-order valence-electron chi connectivity index (χ2n) is 12.7. The zero-order valence-corrected chi connectivity index (χ0v) is 24.4. The van der Waals surface area contributed by atoms with Gasteiger partial charge >= 0.3 is 18.3 Å². The molecule has 0 spiro atoms. The highest BCUT2D eigenvalue weighted by Crippen LogP contribution is 2.49. The first-order valence-electron chi connectivity index (χ1n) is 14.9. The van der Waals surface area contributed by atoms with E-state index in [0.29, 0.717) is 43.6 Å². The first-order chi connectivity index (χ1) is 19.9. The Kier molecular flexibility index (Phi) is 8.78. The molecule has 1 aliphatic carbocycles. The molecule has 3 heterocycles. The number of anilines is 1. The summed E-state index contributed by atoms with van der Waals surface area (Å²) in [4.78, 5) is 26.7. The number of rotatable bonds is 4. The minimum Gasteiger partial charge on any atom is -0.444 e. The van der Waals surface area contributed by atoms with Crippen molar-refractivity contribution in [1.29, 1.82) is 0 Å². The number of carbonyl (C=O) groups is 2. The summed E-state index contributed by atoms with van der Waals surface area (Å²) in [7, 11) is 0. The van der Waals surface area contributed by atoms with Crippen LogP contribution in [0.25, 0.3) is 0 Å². The van der Waals surface area contributed by atoms with Crippen molar-refractivity contribution < 1.29 is 32.2 Å². The van der Waals surface area contributed by atoms with Crippen LogP contribution >= 0.6 is 0 Å². The summed E-state index contributed by atoms with van der Waals surface area (Å²) < 4.78 is 52.7. The normalized spacial score (nSPS) is 27.9. The number of nitrogens with one attached hydrogen (secondary N) is 3. The second-order valence-corrected chi connectivity index (χ2v) is 12.7. The molecule has 0 aromatic heterocycles. The van der Waals surface area contributed by atoms with Crippen molar-refractivity contribution in [3.63, 3.8) is 0 Å². The molecule has 1 unspecified atom stereocenters. The molecule has 1 aromatic rings. The van der Waals surface area contributed by atoms with Crippen LogP contribution in [0.15, 0.2) is 42.5 Å². The summed E-state index contributed by atoms with van der Waals surface area (Å²) in [5.74, 6) is 0.214. The highest BCUT2D eigenvalue weighted by Gasteiger charge is 2.45. The first-order valence-corrected chi connectivity index (χ1v) is 14.9. The summed E-state index contributed by atoms with van der Waals surface area (Å²) >= 11 is 0. The highest BCUT2D eigenvalue weighted by molar-refractivity contribution is 5.74. The van der Waals surface area contributed by atoms with Crippen molar-refractivity contribution in [2.24, 2.45) is 11.8 Å². The van der Waals surface area contributed by atoms with Gasteiger partial charge in [-0.3, -0.25) is 0 Å². The van der Waals surface area contributed by atoms with Crippen LogP contribution in [0.3, 0.4) is 0 Å². The van der Waals surface area contributed by atoms with Gasteiger partial charge in [0.05, 0.1) is 17.8 Å². The minimum atomic E-state index is -4.45. The van der Waals surface area contributed by atoms with Crippen molar-refractivity contribution in [3.8, 4) is 0 Å². The zero-order valence-electron chi connectivity index (χ0n) is 24.4. The number of piperidine rings is 1. The van der Waals surface area contributed by atoms with Crippen molar-refractivity contribution >= 4 is 17.8 Å². The number of amides is 3. The fourth-order valence-electron chi connectivity index (χ4n) is 6.39. The fraction of sp³-hybridized carbons (Fsp3) is 0.613. The fourth-order valence-corrected chi connectivity index (χ4v) is 6.39. The van der Waals surface area contributed by atoms with Crippen LogP contribution in [0, 0.1) is 11.8 Å². The molecule has 42 heavy (non-hydrogen) atoms. The molecule has 5 atom stereocenters. The Morgan fingerprint density at radius 3 is 2.52 bits per heavy atom. The van der Waals surface area contributed by atoms with E-state index in [9.17, 15) is 22.8 Å². The highest BCUT2D eigenvalue weighted by atomic mass is 19.4. The lowest BCUT2D eigenvalue weighted by atomic mass is 9.73. The Bertz CT molecular complexity index is 1200. The SMILES string of the molecule is CC(C)(C)OC(=O)N1CCC(NC(=O)NC[C@H]2CC[C@@H]3[C@H](O2)c2cc(C(F)(F)F)ccc2N[C@H]3C2C=CC=CC2)CC1. The molecule has 11 heteroatoms. The molecule has 3 N–H and O–H groups in total. The lowest BCUT2D eigenvalue weighted by Gasteiger charge is -2.47. The quantitative estimate of drug-likeness (QED) is 0.390.